The second-order valence-electron chi connectivity index (χ2n) is 4.55. The first-order valence-corrected chi connectivity index (χ1v) is 5.44. The molecule has 1 fully saturated rings. The molecule has 1 aliphatic rings. The fourth-order valence-electron chi connectivity index (χ4n) is 2.00. The standard InChI is InChI=1S/C11H19N3/c1-4-10-9(11(12)5-6-11)7-13-14(10)8(2)3/h7-8H,4-6,12H2,1-3H3. The van der Waals surface area contributed by atoms with Gasteiger partial charge in [-0.05, 0) is 33.1 Å². The van der Waals surface area contributed by atoms with E-state index in [1.54, 1.807) is 0 Å². The summed E-state index contributed by atoms with van der Waals surface area (Å²) in [6, 6.07) is 0.432. The summed E-state index contributed by atoms with van der Waals surface area (Å²) in [5.41, 5.74) is 8.75. The van der Waals surface area contributed by atoms with E-state index >= 15 is 0 Å². The van der Waals surface area contributed by atoms with Gasteiger partial charge in [0, 0.05) is 22.8 Å². The molecule has 0 spiro atoms. The highest BCUT2D eigenvalue weighted by Crippen LogP contribution is 2.44. The van der Waals surface area contributed by atoms with Gasteiger partial charge in [0.1, 0.15) is 0 Å². The molecule has 1 aromatic heterocycles. The first-order chi connectivity index (χ1) is 6.58. The average Bonchev–Trinajstić information content (AvgIpc) is 2.74. The van der Waals surface area contributed by atoms with Crippen LogP contribution in [0.5, 0.6) is 0 Å². The van der Waals surface area contributed by atoms with Crippen LogP contribution in [0.25, 0.3) is 0 Å². The number of rotatable bonds is 3. The minimum Gasteiger partial charge on any atom is -0.321 e. The molecule has 0 amide bonds. The van der Waals surface area contributed by atoms with Crippen molar-refractivity contribution in [3.8, 4) is 0 Å². The zero-order valence-electron chi connectivity index (χ0n) is 9.25. The minimum absolute atomic E-state index is 0.0432. The van der Waals surface area contributed by atoms with Gasteiger partial charge >= 0.3 is 0 Å². The van der Waals surface area contributed by atoms with E-state index in [1.165, 1.54) is 11.3 Å². The van der Waals surface area contributed by atoms with E-state index in [1.807, 2.05) is 6.20 Å². The van der Waals surface area contributed by atoms with Crippen LogP contribution in [0.2, 0.25) is 0 Å². The molecule has 0 aliphatic heterocycles. The van der Waals surface area contributed by atoms with Crippen LogP contribution in [-0.2, 0) is 12.0 Å². The maximum Gasteiger partial charge on any atom is 0.0543 e. The molecule has 2 rings (SSSR count). The van der Waals surface area contributed by atoms with Gasteiger partial charge in [0.25, 0.3) is 0 Å². The molecule has 78 valence electrons. The summed E-state index contributed by atoms with van der Waals surface area (Å²) in [6.45, 7) is 6.49. The van der Waals surface area contributed by atoms with E-state index < -0.39 is 0 Å². The Labute approximate surface area is 85.3 Å². The quantitative estimate of drug-likeness (QED) is 0.797. The molecule has 0 saturated heterocycles. The van der Waals surface area contributed by atoms with Crippen LogP contribution in [0.15, 0.2) is 6.20 Å². The van der Waals surface area contributed by atoms with Crippen LogP contribution in [0.4, 0.5) is 0 Å². The maximum atomic E-state index is 6.20. The first-order valence-electron chi connectivity index (χ1n) is 5.44. The van der Waals surface area contributed by atoms with Crippen LogP contribution in [0.1, 0.15) is 50.9 Å². The molecule has 14 heavy (non-hydrogen) atoms. The lowest BCUT2D eigenvalue weighted by Gasteiger charge is -2.13. The molecule has 0 aromatic carbocycles. The molecule has 3 heteroatoms. The van der Waals surface area contributed by atoms with Gasteiger partial charge in [0.2, 0.25) is 0 Å². The number of hydrogen-bond acceptors (Lipinski definition) is 2. The van der Waals surface area contributed by atoms with E-state index in [4.69, 9.17) is 5.73 Å². The smallest absolute Gasteiger partial charge is 0.0543 e. The van der Waals surface area contributed by atoms with Crippen molar-refractivity contribution in [1.82, 2.24) is 9.78 Å². The molecule has 0 atom stereocenters. The fraction of sp³-hybridized carbons (Fsp3) is 0.727. The van der Waals surface area contributed by atoms with Gasteiger partial charge in [-0.1, -0.05) is 6.92 Å². The van der Waals surface area contributed by atoms with Gasteiger partial charge in [-0.2, -0.15) is 5.10 Å². The molecule has 0 bridgehead atoms. The van der Waals surface area contributed by atoms with Crippen molar-refractivity contribution in [2.24, 2.45) is 5.73 Å². The summed E-state index contributed by atoms with van der Waals surface area (Å²) in [6.07, 6.45) is 5.21. The lowest BCUT2D eigenvalue weighted by Crippen LogP contribution is -2.20. The summed E-state index contributed by atoms with van der Waals surface area (Å²) in [4.78, 5) is 0. The Morgan fingerprint density at radius 2 is 2.21 bits per heavy atom. The Kier molecular flexibility index (Phi) is 2.14. The molecule has 3 nitrogen and oxygen atoms in total. The lowest BCUT2D eigenvalue weighted by atomic mass is 10.1. The highest BCUT2D eigenvalue weighted by Gasteiger charge is 2.42. The summed E-state index contributed by atoms with van der Waals surface area (Å²) < 4.78 is 2.10. The van der Waals surface area contributed by atoms with Crippen molar-refractivity contribution in [2.75, 3.05) is 0 Å². The Morgan fingerprint density at radius 3 is 2.64 bits per heavy atom. The fourth-order valence-corrected chi connectivity index (χ4v) is 2.00. The second-order valence-corrected chi connectivity index (χ2v) is 4.55. The SMILES string of the molecule is CCc1c(C2(N)CC2)cnn1C(C)C. The van der Waals surface area contributed by atoms with Gasteiger partial charge < -0.3 is 5.73 Å². The predicted molar refractivity (Wildman–Crippen MR) is 57.1 cm³/mol. The number of aromatic nitrogens is 2. The molecule has 0 unspecified atom stereocenters. The van der Waals surface area contributed by atoms with Crippen LogP contribution in [0, 0.1) is 0 Å². The van der Waals surface area contributed by atoms with Crippen LogP contribution >= 0.6 is 0 Å². The summed E-state index contributed by atoms with van der Waals surface area (Å²) in [7, 11) is 0. The average molecular weight is 193 g/mol. The molecule has 0 radical (unpaired) electrons. The predicted octanol–water partition coefficient (Wildman–Crippen LogP) is 1.97. The first kappa shape index (κ1) is 9.71. The van der Waals surface area contributed by atoms with Crippen LogP contribution in [-0.4, -0.2) is 9.78 Å². The number of hydrogen-bond donors (Lipinski definition) is 1. The van der Waals surface area contributed by atoms with Crippen molar-refractivity contribution in [3.63, 3.8) is 0 Å². The van der Waals surface area contributed by atoms with Crippen molar-refractivity contribution < 1.29 is 0 Å². The summed E-state index contributed by atoms with van der Waals surface area (Å²) >= 11 is 0. The van der Waals surface area contributed by atoms with Gasteiger partial charge in [-0.25, -0.2) is 0 Å². The highest BCUT2D eigenvalue weighted by molar-refractivity contribution is 5.32. The van der Waals surface area contributed by atoms with E-state index in [2.05, 4.69) is 30.6 Å². The third-order valence-corrected chi connectivity index (χ3v) is 3.05. The minimum atomic E-state index is -0.0432. The number of nitrogens with zero attached hydrogens (tertiary/aromatic N) is 2. The van der Waals surface area contributed by atoms with Crippen molar-refractivity contribution in [2.45, 2.75) is 51.6 Å². The van der Waals surface area contributed by atoms with E-state index in [0.29, 0.717) is 6.04 Å². The Balaban J connectivity index is 2.42. The Bertz CT molecular complexity index is 334. The maximum absolute atomic E-state index is 6.20. The Morgan fingerprint density at radius 1 is 1.57 bits per heavy atom. The number of nitrogens with two attached hydrogens (primary N) is 1. The van der Waals surface area contributed by atoms with Gasteiger partial charge in [0.05, 0.1) is 6.20 Å². The van der Waals surface area contributed by atoms with Gasteiger partial charge in [0.15, 0.2) is 0 Å². The van der Waals surface area contributed by atoms with Crippen LogP contribution < -0.4 is 5.73 Å². The third kappa shape index (κ3) is 1.36. The molecule has 1 aliphatic carbocycles. The van der Waals surface area contributed by atoms with Crippen molar-refractivity contribution in [1.29, 1.82) is 0 Å². The zero-order chi connectivity index (χ0) is 10.3. The second kappa shape index (κ2) is 3.09. The molecular formula is C11H19N3. The molecule has 1 aromatic rings. The normalized spacial score (nSPS) is 18.9. The molecule has 1 saturated carbocycles. The summed E-state index contributed by atoms with van der Waals surface area (Å²) in [5, 5.41) is 4.43. The monoisotopic (exact) mass is 193 g/mol. The van der Waals surface area contributed by atoms with Crippen molar-refractivity contribution >= 4 is 0 Å². The molecule has 2 N–H and O–H groups in total. The summed E-state index contributed by atoms with van der Waals surface area (Å²) in [5.74, 6) is 0. The molecular weight excluding hydrogens is 174 g/mol. The highest BCUT2D eigenvalue weighted by atomic mass is 15.3. The van der Waals surface area contributed by atoms with Crippen LogP contribution in [0.3, 0.4) is 0 Å². The third-order valence-electron chi connectivity index (χ3n) is 3.05. The van der Waals surface area contributed by atoms with E-state index in [9.17, 15) is 0 Å². The van der Waals surface area contributed by atoms with Gasteiger partial charge in [-0.15, -0.1) is 0 Å². The van der Waals surface area contributed by atoms with Crippen molar-refractivity contribution in [3.05, 3.63) is 17.5 Å². The topological polar surface area (TPSA) is 43.8 Å². The lowest BCUT2D eigenvalue weighted by molar-refractivity contribution is 0.508. The van der Waals surface area contributed by atoms with Gasteiger partial charge in [-0.3, -0.25) is 4.68 Å². The zero-order valence-corrected chi connectivity index (χ0v) is 9.25. The Hall–Kier alpha value is -0.830. The van der Waals surface area contributed by atoms with E-state index in [0.717, 1.165) is 19.3 Å². The molecule has 1 heterocycles. The van der Waals surface area contributed by atoms with E-state index in [-0.39, 0.29) is 5.54 Å². The largest absolute Gasteiger partial charge is 0.321 e.